The number of carbonyl (C=O) groups is 2. The molecule has 2 N–H and O–H groups in total. The third-order valence-electron chi connectivity index (χ3n) is 3.08. The van der Waals surface area contributed by atoms with Gasteiger partial charge in [-0.2, -0.15) is 0 Å². The number of aryl methyl sites for hydroxylation is 2. The molecule has 0 atom stereocenters. The average molecular weight is 334 g/mol. The maximum absolute atomic E-state index is 11.6. The SMILES string of the molecule is Cc1nc(CCCNC(=O)OCc2ccccc2)sc1C(=O)O. The number of alkyl carbamates (subject to hydrolysis) is 1. The molecule has 1 amide bonds. The van der Waals surface area contributed by atoms with E-state index in [0.29, 0.717) is 25.1 Å². The number of ether oxygens (including phenoxy) is 1. The summed E-state index contributed by atoms with van der Waals surface area (Å²) >= 11 is 1.18. The lowest BCUT2D eigenvalue weighted by Crippen LogP contribution is -2.25. The number of carboxylic acids is 1. The molecule has 0 spiro atoms. The van der Waals surface area contributed by atoms with E-state index in [9.17, 15) is 9.59 Å². The summed E-state index contributed by atoms with van der Waals surface area (Å²) in [7, 11) is 0. The van der Waals surface area contributed by atoms with E-state index in [1.807, 2.05) is 30.3 Å². The zero-order valence-electron chi connectivity index (χ0n) is 12.7. The maximum atomic E-state index is 11.6. The molecule has 0 radical (unpaired) electrons. The maximum Gasteiger partial charge on any atom is 0.407 e. The van der Waals surface area contributed by atoms with Gasteiger partial charge in [0.15, 0.2) is 0 Å². The summed E-state index contributed by atoms with van der Waals surface area (Å²) in [6.07, 6.45) is 0.833. The molecule has 1 aromatic carbocycles. The van der Waals surface area contributed by atoms with Gasteiger partial charge in [0.1, 0.15) is 11.5 Å². The number of nitrogens with zero attached hydrogens (tertiary/aromatic N) is 1. The van der Waals surface area contributed by atoms with Crippen LogP contribution in [0.4, 0.5) is 4.79 Å². The van der Waals surface area contributed by atoms with Gasteiger partial charge >= 0.3 is 12.1 Å². The Bertz CT molecular complexity index is 670. The Morgan fingerprint density at radius 1 is 1.30 bits per heavy atom. The van der Waals surface area contributed by atoms with Crippen LogP contribution in [0.15, 0.2) is 30.3 Å². The van der Waals surface area contributed by atoms with Gasteiger partial charge < -0.3 is 15.2 Å². The molecule has 122 valence electrons. The van der Waals surface area contributed by atoms with Gasteiger partial charge in [-0.25, -0.2) is 14.6 Å². The first kappa shape index (κ1) is 17.0. The van der Waals surface area contributed by atoms with E-state index in [2.05, 4.69) is 10.3 Å². The largest absolute Gasteiger partial charge is 0.477 e. The van der Waals surface area contributed by atoms with Gasteiger partial charge in [0.2, 0.25) is 0 Å². The topological polar surface area (TPSA) is 88.5 Å². The number of benzene rings is 1. The van der Waals surface area contributed by atoms with E-state index in [4.69, 9.17) is 9.84 Å². The van der Waals surface area contributed by atoms with Crippen LogP contribution < -0.4 is 5.32 Å². The molecule has 0 aliphatic rings. The summed E-state index contributed by atoms with van der Waals surface area (Å²) in [4.78, 5) is 27.0. The zero-order chi connectivity index (χ0) is 16.7. The molecule has 0 fully saturated rings. The molecule has 0 unspecified atom stereocenters. The van der Waals surface area contributed by atoms with Crippen LogP contribution in [-0.4, -0.2) is 28.7 Å². The molecule has 7 heteroatoms. The minimum Gasteiger partial charge on any atom is -0.477 e. The highest BCUT2D eigenvalue weighted by Crippen LogP contribution is 2.18. The minimum absolute atomic E-state index is 0.236. The lowest BCUT2D eigenvalue weighted by atomic mass is 10.2. The Balaban J connectivity index is 1.66. The number of carbonyl (C=O) groups excluding carboxylic acids is 1. The summed E-state index contributed by atoms with van der Waals surface area (Å²) in [6, 6.07) is 9.45. The van der Waals surface area contributed by atoms with E-state index in [1.54, 1.807) is 6.92 Å². The van der Waals surface area contributed by atoms with Crippen molar-refractivity contribution < 1.29 is 19.4 Å². The fraction of sp³-hybridized carbons (Fsp3) is 0.312. The number of amides is 1. The van der Waals surface area contributed by atoms with Gasteiger partial charge in [0, 0.05) is 13.0 Å². The van der Waals surface area contributed by atoms with Gasteiger partial charge in [0.05, 0.1) is 10.7 Å². The highest BCUT2D eigenvalue weighted by molar-refractivity contribution is 7.13. The minimum atomic E-state index is -0.950. The van der Waals surface area contributed by atoms with Crippen molar-refractivity contribution in [1.82, 2.24) is 10.3 Å². The number of hydrogen-bond donors (Lipinski definition) is 2. The van der Waals surface area contributed by atoms with E-state index in [1.165, 1.54) is 11.3 Å². The fourth-order valence-electron chi connectivity index (χ4n) is 1.96. The molecule has 0 saturated heterocycles. The molecule has 2 rings (SSSR count). The predicted molar refractivity (Wildman–Crippen MR) is 86.8 cm³/mol. The molecule has 0 saturated carbocycles. The van der Waals surface area contributed by atoms with Crippen LogP contribution in [0.3, 0.4) is 0 Å². The molecule has 23 heavy (non-hydrogen) atoms. The number of nitrogens with one attached hydrogen (secondary N) is 1. The van der Waals surface area contributed by atoms with Crippen LogP contribution in [0.2, 0.25) is 0 Å². The second-order valence-electron chi connectivity index (χ2n) is 4.92. The summed E-state index contributed by atoms with van der Waals surface area (Å²) in [5, 5.41) is 12.4. The van der Waals surface area contributed by atoms with Crippen LogP contribution in [0, 0.1) is 6.92 Å². The molecule has 0 aliphatic heterocycles. The van der Waals surface area contributed by atoms with Crippen LogP contribution in [0.5, 0.6) is 0 Å². The van der Waals surface area contributed by atoms with Crippen molar-refractivity contribution in [3.63, 3.8) is 0 Å². The summed E-state index contributed by atoms with van der Waals surface area (Å²) in [6.45, 7) is 2.37. The Morgan fingerprint density at radius 3 is 2.70 bits per heavy atom. The quantitative estimate of drug-likeness (QED) is 0.760. The third kappa shape index (κ3) is 5.37. The summed E-state index contributed by atoms with van der Waals surface area (Å²) in [5.41, 5.74) is 1.47. The number of aromatic nitrogens is 1. The number of hydrogen-bond acceptors (Lipinski definition) is 5. The molecule has 0 aliphatic carbocycles. The van der Waals surface area contributed by atoms with Crippen molar-refractivity contribution in [1.29, 1.82) is 0 Å². The van der Waals surface area contributed by atoms with E-state index >= 15 is 0 Å². The highest BCUT2D eigenvalue weighted by Gasteiger charge is 2.13. The lowest BCUT2D eigenvalue weighted by Gasteiger charge is -2.06. The van der Waals surface area contributed by atoms with E-state index in [-0.39, 0.29) is 11.5 Å². The van der Waals surface area contributed by atoms with Crippen LogP contribution >= 0.6 is 11.3 Å². The number of aromatic carboxylic acids is 1. The molecule has 2 aromatic rings. The molecule has 1 aromatic heterocycles. The zero-order valence-corrected chi connectivity index (χ0v) is 13.6. The molecule has 6 nitrogen and oxygen atoms in total. The Hall–Kier alpha value is -2.41. The summed E-state index contributed by atoms with van der Waals surface area (Å²) in [5.74, 6) is -0.950. The van der Waals surface area contributed by atoms with Crippen molar-refractivity contribution in [3.05, 3.63) is 51.5 Å². The van der Waals surface area contributed by atoms with Crippen molar-refractivity contribution in [3.8, 4) is 0 Å². The third-order valence-corrected chi connectivity index (χ3v) is 4.29. The van der Waals surface area contributed by atoms with Crippen molar-refractivity contribution in [2.24, 2.45) is 0 Å². The average Bonchev–Trinajstić information content (AvgIpc) is 2.92. The monoisotopic (exact) mass is 334 g/mol. The Morgan fingerprint density at radius 2 is 2.04 bits per heavy atom. The fourth-order valence-corrected chi connectivity index (χ4v) is 2.91. The van der Waals surface area contributed by atoms with Gasteiger partial charge in [-0.3, -0.25) is 0 Å². The Labute approximate surface area is 138 Å². The van der Waals surface area contributed by atoms with Crippen molar-refractivity contribution in [2.45, 2.75) is 26.4 Å². The molecular weight excluding hydrogens is 316 g/mol. The van der Waals surface area contributed by atoms with Gasteiger partial charge in [-0.15, -0.1) is 11.3 Å². The van der Waals surface area contributed by atoms with E-state index in [0.717, 1.165) is 10.6 Å². The van der Waals surface area contributed by atoms with Crippen molar-refractivity contribution in [2.75, 3.05) is 6.54 Å². The van der Waals surface area contributed by atoms with Gasteiger partial charge in [0.25, 0.3) is 0 Å². The second kappa shape index (κ2) is 8.28. The van der Waals surface area contributed by atoms with Crippen LogP contribution in [-0.2, 0) is 17.8 Å². The molecule has 1 heterocycles. The van der Waals surface area contributed by atoms with Crippen LogP contribution in [0.25, 0.3) is 0 Å². The van der Waals surface area contributed by atoms with Crippen LogP contribution in [0.1, 0.15) is 32.4 Å². The van der Waals surface area contributed by atoms with E-state index < -0.39 is 12.1 Å². The normalized spacial score (nSPS) is 10.3. The van der Waals surface area contributed by atoms with Gasteiger partial charge in [-0.1, -0.05) is 30.3 Å². The van der Waals surface area contributed by atoms with Crippen molar-refractivity contribution >= 4 is 23.4 Å². The highest BCUT2D eigenvalue weighted by atomic mass is 32.1. The lowest BCUT2D eigenvalue weighted by molar-refractivity contribution is 0.0701. The summed E-state index contributed by atoms with van der Waals surface area (Å²) < 4.78 is 5.09. The Kier molecular flexibility index (Phi) is 6.10. The number of rotatable bonds is 7. The smallest absolute Gasteiger partial charge is 0.407 e. The number of carboxylic acid groups (broad SMARTS) is 1. The van der Waals surface area contributed by atoms with Gasteiger partial charge in [-0.05, 0) is 18.9 Å². The number of thiazole rings is 1. The first-order chi connectivity index (χ1) is 11.1. The molecular formula is C16H18N2O4S. The second-order valence-corrected chi connectivity index (χ2v) is 6.00. The standard InChI is InChI=1S/C16H18N2O4S/c1-11-14(15(19)20)23-13(18-11)8-5-9-17-16(21)22-10-12-6-3-2-4-7-12/h2-4,6-7H,5,8-10H2,1H3,(H,17,21)(H,19,20). The first-order valence-corrected chi connectivity index (χ1v) is 8.02. The first-order valence-electron chi connectivity index (χ1n) is 7.20. The molecule has 0 bridgehead atoms. The predicted octanol–water partition coefficient (Wildman–Crippen LogP) is 3.01.